The molecule has 0 amide bonds. The van der Waals surface area contributed by atoms with Gasteiger partial charge >= 0.3 is 5.97 Å². The highest BCUT2D eigenvalue weighted by Crippen LogP contribution is 2.23. The van der Waals surface area contributed by atoms with Gasteiger partial charge in [-0.25, -0.2) is 0 Å². The number of carbonyl (C=O) groups is 1. The average molecular weight is 238 g/mol. The number of hydrogen-bond acceptors (Lipinski definition) is 3. The summed E-state index contributed by atoms with van der Waals surface area (Å²) in [5.41, 5.74) is -0.252. The van der Waals surface area contributed by atoms with Gasteiger partial charge in [0.1, 0.15) is 0 Å². The third kappa shape index (κ3) is 5.18. The molecule has 0 bridgehead atoms. The van der Waals surface area contributed by atoms with Crippen molar-refractivity contribution in [3.8, 4) is 6.07 Å². The van der Waals surface area contributed by atoms with Crippen LogP contribution in [-0.2, 0) is 4.79 Å². The van der Waals surface area contributed by atoms with E-state index in [0.29, 0.717) is 12.3 Å². The van der Waals surface area contributed by atoms with E-state index in [-0.39, 0.29) is 5.41 Å². The smallest absolute Gasteiger partial charge is 0.303 e. The molecule has 17 heavy (non-hydrogen) atoms. The van der Waals surface area contributed by atoms with Gasteiger partial charge in [-0.3, -0.25) is 4.79 Å². The average Bonchev–Trinajstić information content (AvgIpc) is 2.28. The van der Waals surface area contributed by atoms with Crippen LogP contribution in [0.15, 0.2) is 0 Å². The SMILES string of the molecule is CC(C)(C#N)CCN1CCC(CC(=O)O)CC1. The Morgan fingerprint density at radius 1 is 1.47 bits per heavy atom. The van der Waals surface area contributed by atoms with E-state index in [1.54, 1.807) is 0 Å². The monoisotopic (exact) mass is 238 g/mol. The highest BCUT2D eigenvalue weighted by atomic mass is 16.4. The Balaban J connectivity index is 2.24. The Labute approximate surface area is 103 Å². The summed E-state index contributed by atoms with van der Waals surface area (Å²) in [6.45, 7) is 6.81. The van der Waals surface area contributed by atoms with Crippen LogP contribution in [0.1, 0.15) is 39.5 Å². The zero-order chi connectivity index (χ0) is 12.9. The molecule has 1 aliphatic rings. The lowest BCUT2D eigenvalue weighted by Gasteiger charge is -2.32. The van der Waals surface area contributed by atoms with E-state index in [2.05, 4.69) is 11.0 Å². The molecule has 1 saturated heterocycles. The fraction of sp³-hybridized carbons (Fsp3) is 0.846. The van der Waals surface area contributed by atoms with Gasteiger partial charge in [0.05, 0.1) is 11.5 Å². The van der Waals surface area contributed by atoms with Gasteiger partial charge in [0.2, 0.25) is 0 Å². The molecule has 4 heteroatoms. The first-order chi connectivity index (χ1) is 7.93. The molecule has 4 nitrogen and oxygen atoms in total. The molecule has 0 radical (unpaired) electrons. The summed E-state index contributed by atoms with van der Waals surface area (Å²) >= 11 is 0. The van der Waals surface area contributed by atoms with E-state index >= 15 is 0 Å². The second-order valence-corrected chi connectivity index (χ2v) is 5.63. The van der Waals surface area contributed by atoms with Crippen LogP contribution in [-0.4, -0.2) is 35.6 Å². The van der Waals surface area contributed by atoms with Gasteiger partial charge in [0, 0.05) is 6.42 Å². The summed E-state index contributed by atoms with van der Waals surface area (Å²) in [4.78, 5) is 12.9. The number of hydrogen-bond donors (Lipinski definition) is 1. The number of nitriles is 1. The molecule has 0 saturated carbocycles. The Morgan fingerprint density at radius 3 is 2.53 bits per heavy atom. The zero-order valence-electron chi connectivity index (χ0n) is 10.8. The van der Waals surface area contributed by atoms with Crippen molar-refractivity contribution in [3.05, 3.63) is 0 Å². The van der Waals surface area contributed by atoms with Crippen molar-refractivity contribution in [1.82, 2.24) is 4.90 Å². The standard InChI is InChI=1S/C13H22N2O2/c1-13(2,10-14)5-8-15-6-3-11(4-7-15)9-12(16)17/h11H,3-9H2,1-2H3,(H,16,17). The van der Waals surface area contributed by atoms with Gasteiger partial charge in [0.25, 0.3) is 0 Å². The zero-order valence-corrected chi connectivity index (χ0v) is 10.8. The molecular formula is C13H22N2O2. The maximum absolute atomic E-state index is 10.6. The van der Waals surface area contributed by atoms with Crippen LogP contribution in [0.4, 0.5) is 0 Å². The summed E-state index contributed by atoms with van der Waals surface area (Å²) in [5.74, 6) is -0.346. The van der Waals surface area contributed by atoms with Crippen LogP contribution in [0.3, 0.4) is 0 Å². The molecule has 1 N–H and O–H groups in total. The second kappa shape index (κ2) is 6.02. The third-order valence-electron chi connectivity index (χ3n) is 3.53. The number of rotatable bonds is 5. The molecular weight excluding hydrogens is 216 g/mol. The van der Waals surface area contributed by atoms with E-state index < -0.39 is 5.97 Å². The number of nitrogens with zero attached hydrogens (tertiary/aromatic N) is 2. The van der Waals surface area contributed by atoms with Crippen LogP contribution >= 0.6 is 0 Å². The quantitative estimate of drug-likeness (QED) is 0.796. The first kappa shape index (κ1) is 14.0. The molecule has 0 spiro atoms. The van der Waals surface area contributed by atoms with Crippen molar-refractivity contribution >= 4 is 5.97 Å². The molecule has 0 aromatic carbocycles. The molecule has 1 rings (SSSR count). The van der Waals surface area contributed by atoms with Crippen molar-refractivity contribution in [2.75, 3.05) is 19.6 Å². The van der Waals surface area contributed by atoms with E-state index in [4.69, 9.17) is 10.4 Å². The number of carboxylic acid groups (broad SMARTS) is 1. The molecule has 0 aromatic heterocycles. The fourth-order valence-electron chi connectivity index (χ4n) is 2.15. The van der Waals surface area contributed by atoms with Gasteiger partial charge in [-0.15, -0.1) is 0 Å². The van der Waals surface area contributed by atoms with Crippen molar-refractivity contribution in [2.24, 2.45) is 11.3 Å². The molecule has 0 unspecified atom stereocenters. The number of piperidine rings is 1. The Hall–Kier alpha value is -1.08. The molecule has 0 aliphatic carbocycles. The van der Waals surface area contributed by atoms with E-state index in [9.17, 15) is 4.79 Å². The van der Waals surface area contributed by atoms with Crippen LogP contribution in [0.5, 0.6) is 0 Å². The summed E-state index contributed by atoms with van der Waals surface area (Å²) in [7, 11) is 0. The minimum absolute atomic E-state index is 0.252. The molecule has 1 fully saturated rings. The molecule has 1 heterocycles. The third-order valence-corrected chi connectivity index (χ3v) is 3.53. The maximum atomic E-state index is 10.6. The molecule has 0 atom stereocenters. The lowest BCUT2D eigenvalue weighted by Crippen LogP contribution is -2.36. The topological polar surface area (TPSA) is 64.3 Å². The van der Waals surface area contributed by atoms with Crippen LogP contribution in [0.25, 0.3) is 0 Å². The Bertz CT molecular complexity index is 299. The van der Waals surface area contributed by atoms with Crippen molar-refractivity contribution < 1.29 is 9.90 Å². The lowest BCUT2D eigenvalue weighted by atomic mass is 9.89. The van der Waals surface area contributed by atoms with Gasteiger partial charge < -0.3 is 10.0 Å². The van der Waals surface area contributed by atoms with E-state index in [1.807, 2.05) is 13.8 Å². The minimum atomic E-state index is -0.686. The van der Waals surface area contributed by atoms with Crippen molar-refractivity contribution in [3.63, 3.8) is 0 Å². The maximum Gasteiger partial charge on any atom is 0.303 e. The minimum Gasteiger partial charge on any atom is -0.481 e. The number of likely N-dealkylation sites (tertiary alicyclic amines) is 1. The fourth-order valence-corrected chi connectivity index (χ4v) is 2.15. The van der Waals surface area contributed by atoms with Crippen LogP contribution in [0, 0.1) is 22.7 Å². The first-order valence-corrected chi connectivity index (χ1v) is 6.28. The highest BCUT2D eigenvalue weighted by molar-refractivity contribution is 5.67. The Morgan fingerprint density at radius 2 is 2.06 bits per heavy atom. The predicted octanol–water partition coefficient (Wildman–Crippen LogP) is 2.11. The lowest BCUT2D eigenvalue weighted by molar-refractivity contribution is -0.138. The summed E-state index contributed by atoms with van der Waals surface area (Å²) < 4.78 is 0. The number of carboxylic acids is 1. The van der Waals surface area contributed by atoms with Crippen LogP contribution in [0.2, 0.25) is 0 Å². The van der Waals surface area contributed by atoms with Gasteiger partial charge in [-0.2, -0.15) is 5.26 Å². The van der Waals surface area contributed by atoms with Crippen molar-refractivity contribution in [2.45, 2.75) is 39.5 Å². The summed E-state index contributed by atoms with van der Waals surface area (Å²) in [6.07, 6.45) is 3.13. The van der Waals surface area contributed by atoms with Gasteiger partial charge in [0.15, 0.2) is 0 Å². The van der Waals surface area contributed by atoms with Crippen LogP contribution < -0.4 is 0 Å². The van der Waals surface area contributed by atoms with Gasteiger partial charge in [-0.1, -0.05) is 0 Å². The summed E-state index contributed by atoms with van der Waals surface area (Å²) in [5, 5.41) is 17.7. The second-order valence-electron chi connectivity index (χ2n) is 5.63. The number of aliphatic carboxylic acids is 1. The largest absolute Gasteiger partial charge is 0.481 e. The molecule has 0 aromatic rings. The molecule has 1 aliphatic heterocycles. The van der Waals surface area contributed by atoms with Crippen molar-refractivity contribution in [1.29, 1.82) is 5.26 Å². The summed E-state index contributed by atoms with van der Waals surface area (Å²) in [6, 6.07) is 2.31. The normalized spacial score (nSPS) is 18.9. The van der Waals surface area contributed by atoms with Gasteiger partial charge in [-0.05, 0) is 58.7 Å². The highest BCUT2D eigenvalue weighted by Gasteiger charge is 2.23. The first-order valence-electron chi connectivity index (χ1n) is 6.28. The van der Waals surface area contributed by atoms with E-state index in [0.717, 1.165) is 38.9 Å². The molecule has 96 valence electrons. The van der Waals surface area contributed by atoms with E-state index in [1.165, 1.54) is 0 Å². The predicted molar refractivity (Wildman–Crippen MR) is 65.4 cm³/mol. The Kier molecular flexibility index (Phi) is 4.95.